The first kappa shape index (κ1) is 14.4. The van der Waals surface area contributed by atoms with E-state index in [0.717, 1.165) is 24.5 Å². The van der Waals surface area contributed by atoms with Crippen LogP contribution in [0.5, 0.6) is 0 Å². The van der Waals surface area contributed by atoms with E-state index in [1.165, 1.54) is 31.2 Å². The largest absolute Gasteiger partial charge is 0.375 e. The van der Waals surface area contributed by atoms with E-state index in [2.05, 4.69) is 24.4 Å². The highest BCUT2D eigenvalue weighted by Crippen LogP contribution is 2.40. The molecule has 3 rings (SSSR count). The lowest BCUT2D eigenvalue weighted by molar-refractivity contribution is -0.0846. The van der Waals surface area contributed by atoms with Crippen LogP contribution in [0, 0.1) is 0 Å². The summed E-state index contributed by atoms with van der Waals surface area (Å²) in [6.07, 6.45) is 7.44. The molecule has 2 fully saturated rings. The molecular weight excluding hydrogens is 270 g/mol. The number of rotatable bonds is 3. The molecule has 0 bridgehead atoms. The summed E-state index contributed by atoms with van der Waals surface area (Å²) in [7, 11) is 0. The quantitative estimate of drug-likeness (QED) is 0.887. The maximum absolute atomic E-state index is 6.10. The summed E-state index contributed by atoms with van der Waals surface area (Å²) in [6, 6.07) is 9.07. The fourth-order valence-electron chi connectivity index (χ4n) is 3.76. The Hall–Kier alpha value is -0.570. The minimum atomic E-state index is 0.184. The summed E-state index contributed by atoms with van der Waals surface area (Å²) in [5.41, 5.74) is 1.45. The van der Waals surface area contributed by atoms with E-state index in [4.69, 9.17) is 16.3 Å². The Balaban J connectivity index is 1.62. The maximum Gasteiger partial charge on any atom is 0.0697 e. The first-order valence-electron chi connectivity index (χ1n) is 7.82. The second-order valence-electron chi connectivity index (χ2n) is 6.37. The highest BCUT2D eigenvalue weighted by atomic mass is 35.5. The van der Waals surface area contributed by atoms with Crippen molar-refractivity contribution in [3.63, 3.8) is 0 Å². The molecule has 1 N–H and O–H groups in total. The minimum absolute atomic E-state index is 0.184. The molecule has 1 saturated carbocycles. The lowest BCUT2D eigenvalue weighted by Gasteiger charge is -2.39. The van der Waals surface area contributed by atoms with Crippen LogP contribution in [0.25, 0.3) is 0 Å². The molecule has 20 heavy (non-hydrogen) atoms. The first-order valence-corrected chi connectivity index (χ1v) is 8.20. The van der Waals surface area contributed by atoms with Crippen molar-refractivity contribution in [2.24, 2.45) is 0 Å². The van der Waals surface area contributed by atoms with E-state index in [1.807, 2.05) is 12.1 Å². The highest BCUT2D eigenvalue weighted by molar-refractivity contribution is 6.30. The van der Waals surface area contributed by atoms with Crippen LogP contribution in [0.2, 0.25) is 5.02 Å². The van der Waals surface area contributed by atoms with E-state index in [0.29, 0.717) is 12.1 Å². The van der Waals surface area contributed by atoms with Gasteiger partial charge in [-0.3, -0.25) is 0 Å². The Morgan fingerprint density at radius 1 is 1.35 bits per heavy atom. The van der Waals surface area contributed by atoms with Gasteiger partial charge in [-0.15, -0.1) is 0 Å². The summed E-state index contributed by atoms with van der Waals surface area (Å²) in [5.74, 6) is 0. The van der Waals surface area contributed by atoms with Crippen LogP contribution in [0.15, 0.2) is 24.3 Å². The molecular formula is C17H24ClNO. The van der Waals surface area contributed by atoms with Crippen molar-refractivity contribution in [2.45, 2.75) is 63.1 Å². The number of nitrogens with one attached hydrogen (secondary N) is 1. The maximum atomic E-state index is 6.10. The Morgan fingerprint density at radius 3 is 2.90 bits per heavy atom. The Labute approximate surface area is 126 Å². The van der Waals surface area contributed by atoms with E-state index in [9.17, 15) is 0 Å². The van der Waals surface area contributed by atoms with Crippen molar-refractivity contribution in [1.29, 1.82) is 0 Å². The molecule has 0 radical (unpaired) electrons. The molecule has 1 saturated heterocycles. The molecule has 1 unspecified atom stereocenters. The smallest absolute Gasteiger partial charge is 0.0697 e. The van der Waals surface area contributed by atoms with Gasteiger partial charge in [-0.25, -0.2) is 0 Å². The number of halogens is 1. The summed E-state index contributed by atoms with van der Waals surface area (Å²) in [5, 5.41) is 4.59. The van der Waals surface area contributed by atoms with Crippen LogP contribution in [-0.2, 0) is 4.74 Å². The van der Waals surface area contributed by atoms with Crippen LogP contribution in [0.3, 0.4) is 0 Å². The van der Waals surface area contributed by atoms with Gasteiger partial charge in [0, 0.05) is 23.7 Å². The van der Waals surface area contributed by atoms with Crippen LogP contribution < -0.4 is 5.32 Å². The molecule has 0 amide bonds. The topological polar surface area (TPSA) is 21.3 Å². The van der Waals surface area contributed by atoms with Crippen molar-refractivity contribution in [1.82, 2.24) is 5.32 Å². The molecule has 110 valence electrons. The van der Waals surface area contributed by atoms with E-state index in [1.54, 1.807) is 0 Å². The normalized spacial score (nSPS) is 26.8. The number of hydrogen-bond donors (Lipinski definition) is 1. The molecule has 2 nitrogen and oxygen atoms in total. The van der Waals surface area contributed by atoms with Crippen molar-refractivity contribution in [2.75, 3.05) is 6.61 Å². The average molecular weight is 294 g/mol. The lowest BCUT2D eigenvalue weighted by Crippen LogP contribution is -2.46. The molecule has 1 heterocycles. The molecule has 1 aliphatic carbocycles. The third kappa shape index (κ3) is 3.19. The fraction of sp³-hybridized carbons (Fsp3) is 0.647. The van der Waals surface area contributed by atoms with Gasteiger partial charge in [0.1, 0.15) is 0 Å². The second-order valence-corrected chi connectivity index (χ2v) is 6.81. The predicted octanol–water partition coefficient (Wildman–Crippen LogP) is 4.48. The van der Waals surface area contributed by atoms with Crippen LogP contribution >= 0.6 is 11.6 Å². The summed E-state index contributed by atoms with van der Waals surface area (Å²) >= 11 is 6.08. The van der Waals surface area contributed by atoms with Crippen molar-refractivity contribution in [3.8, 4) is 0 Å². The SMILES string of the molecule is C[C@@H](NC1CCOC2(CCCC2)C1)c1cccc(Cl)c1. The third-order valence-electron chi connectivity index (χ3n) is 4.84. The van der Waals surface area contributed by atoms with Crippen molar-refractivity contribution >= 4 is 11.6 Å². The Bertz CT molecular complexity index is 456. The van der Waals surface area contributed by atoms with E-state index in [-0.39, 0.29) is 5.60 Å². The molecule has 2 aliphatic rings. The molecule has 1 aromatic rings. The predicted molar refractivity (Wildman–Crippen MR) is 83.2 cm³/mol. The fourth-order valence-corrected chi connectivity index (χ4v) is 3.96. The Morgan fingerprint density at radius 2 is 2.15 bits per heavy atom. The van der Waals surface area contributed by atoms with Gasteiger partial charge in [0.2, 0.25) is 0 Å². The van der Waals surface area contributed by atoms with Gasteiger partial charge in [-0.05, 0) is 50.3 Å². The first-order chi connectivity index (χ1) is 9.67. The summed E-state index contributed by atoms with van der Waals surface area (Å²) in [6.45, 7) is 3.13. The molecule has 1 spiro atoms. The minimum Gasteiger partial charge on any atom is -0.375 e. The standard InChI is InChI=1S/C17H24ClNO/c1-13(14-5-4-6-15(18)11-14)19-16-7-10-20-17(12-16)8-2-3-9-17/h4-6,11,13,16,19H,2-3,7-10,12H2,1H3/t13-,16?/m1/s1. The molecule has 0 aromatic heterocycles. The van der Waals surface area contributed by atoms with Crippen LogP contribution in [0.4, 0.5) is 0 Å². The third-order valence-corrected chi connectivity index (χ3v) is 5.08. The second kappa shape index (κ2) is 6.05. The molecule has 3 heteroatoms. The molecule has 1 aliphatic heterocycles. The highest BCUT2D eigenvalue weighted by Gasteiger charge is 2.40. The van der Waals surface area contributed by atoms with Crippen molar-refractivity contribution < 1.29 is 4.74 Å². The Kier molecular flexibility index (Phi) is 4.34. The van der Waals surface area contributed by atoms with E-state index >= 15 is 0 Å². The van der Waals surface area contributed by atoms with Gasteiger partial charge >= 0.3 is 0 Å². The monoisotopic (exact) mass is 293 g/mol. The molecule has 2 atom stereocenters. The zero-order chi connectivity index (χ0) is 14.0. The van der Waals surface area contributed by atoms with Gasteiger partial charge in [-0.1, -0.05) is 36.6 Å². The average Bonchev–Trinajstić information content (AvgIpc) is 2.87. The summed E-state index contributed by atoms with van der Waals surface area (Å²) in [4.78, 5) is 0. The van der Waals surface area contributed by atoms with Crippen LogP contribution in [-0.4, -0.2) is 18.2 Å². The van der Waals surface area contributed by atoms with Gasteiger partial charge in [0.05, 0.1) is 5.60 Å². The van der Waals surface area contributed by atoms with Crippen LogP contribution in [0.1, 0.15) is 57.1 Å². The molecule has 1 aromatic carbocycles. The zero-order valence-corrected chi connectivity index (χ0v) is 13.0. The zero-order valence-electron chi connectivity index (χ0n) is 12.2. The summed E-state index contributed by atoms with van der Waals surface area (Å²) < 4.78 is 6.10. The van der Waals surface area contributed by atoms with Gasteiger partial charge in [-0.2, -0.15) is 0 Å². The number of benzene rings is 1. The van der Waals surface area contributed by atoms with E-state index < -0.39 is 0 Å². The van der Waals surface area contributed by atoms with Crippen molar-refractivity contribution in [3.05, 3.63) is 34.9 Å². The van der Waals surface area contributed by atoms with Gasteiger partial charge < -0.3 is 10.1 Å². The number of ether oxygens (including phenoxy) is 1. The number of hydrogen-bond acceptors (Lipinski definition) is 2. The lowest BCUT2D eigenvalue weighted by atomic mass is 9.88. The van der Waals surface area contributed by atoms with Gasteiger partial charge in [0.25, 0.3) is 0 Å². The van der Waals surface area contributed by atoms with Gasteiger partial charge in [0.15, 0.2) is 0 Å².